The number of benzene rings is 1. The molecular weight excluding hydrogens is 231 g/mol. The third-order valence-electron chi connectivity index (χ3n) is 3.07. The van der Waals surface area contributed by atoms with Crippen LogP contribution in [0.4, 0.5) is 0 Å². The fourth-order valence-electron chi connectivity index (χ4n) is 2.24. The van der Waals surface area contributed by atoms with E-state index in [4.69, 9.17) is 0 Å². The van der Waals surface area contributed by atoms with Crippen LogP contribution in [0.3, 0.4) is 0 Å². The van der Waals surface area contributed by atoms with Crippen molar-refractivity contribution in [1.29, 1.82) is 0 Å². The average molecular weight is 250 g/mol. The zero-order chi connectivity index (χ0) is 12.7. The predicted molar refractivity (Wildman–Crippen MR) is 72.0 cm³/mol. The quantitative estimate of drug-likeness (QED) is 0.517. The molecular formula is C16H19NaO. The number of hydrogen-bond acceptors (Lipinski definition) is 1. The van der Waals surface area contributed by atoms with Crippen LogP contribution in [0.15, 0.2) is 62.2 Å². The summed E-state index contributed by atoms with van der Waals surface area (Å²) in [4.78, 5) is 0. The van der Waals surface area contributed by atoms with Crippen molar-refractivity contribution in [2.24, 2.45) is 0 Å². The fraction of sp³-hybridized carbons (Fsp3) is 0.250. The smallest absolute Gasteiger partial charge is 0.872 e. The molecule has 0 aliphatic rings. The molecule has 1 aromatic rings. The first-order chi connectivity index (χ1) is 8.18. The van der Waals surface area contributed by atoms with Gasteiger partial charge in [0.25, 0.3) is 0 Å². The minimum Gasteiger partial charge on any atom is -0.872 e. The van der Waals surface area contributed by atoms with Gasteiger partial charge in [0.1, 0.15) is 0 Å². The minimum atomic E-state index is -0.0566. The van der Waals surface area contributed by atoms with E-state index in [0.717, 1.165) is 24.8 Å². The Morgan fingerprint density at radius 2 is 1.28 bits per heavy atom. The van der Waals surface area contributed by atoms with Crippen LogP contribution in [0.1, 0.15) is 24.8 Å². The standard InChI is InChI=1S/C16H20O.Na/c1-4-11-16(12-5-2,13-6-3)14-7-9-15(17)10-8-14;/h4-10,17H,1-3,11-13H2;/q;+1/p-1. The van der Waals surface area contributed by atoms with Gasteiger partial charge >= 0.3 is 29.6 Å². The Balaban J connectivity index is 0.00000289. The van der Waals surface area contributed by atoms with E-state index in [1.807, 2.05) is 30.4 Å². The number of rotatable bonds is 7. The van der Waals surface area contributed by atoms with Crippen LogP contribution >= 0.6 is 0 Å². The maximum absolute atomic E-state index is 11.2. The van der Waals surface area contributed by atoms with Gasteiger partial charge in [-0.15, -0.1) is 25.5 Å². The van der Waals surface area contributed by atoms with Crippen LogP contribution in [0.2, 0.25) is 0 Å². The second-order valence-corrected chi connectivity index (χ2v) is 4.28. The van der Waals surface area contributed by atoms with Crippen molar-refractivity contribution in [2.45, 2.75) is 24.7 Å². The molecule has 1 rings (SSSR count). The van der Waals surface area contributed by atoms with Gasteiger partial charge in [-0.3, -0.25) is 0 Å². The SMILES string of the molecule is C=CCC(CC=C)(CC=C)c1ccc([O-])cc1.[Na+]. The molecule has 90 valence electrons. The Labute approximate surface area is 132 Å². The molecule has 0 aromatic heterocycles. The topological polar surface area (TPSA) is 23.1 Å². The molecule has 0 amide bonds. The van der Waals surface area contributed by atoms with E-state index in [-0.39, 0.29) is 40.7 Å². The van der Waals surface area contributed by atoms with Crippen LogP contribution in [0.5, 0.6) is 5.75 Å². The normalized spacial score (nSPS) is 10.2. The molecule has 0 N–H and O–H groups in total. The third kappa shape index (κ3) is 4.16. The monoisotopic (exact) mass is 250 g/mol. The van der Waals surface area contributed by atoms with Crippen molar-refractivity contribution >= 4 is 0 Å². The Morgan fingerprint density at radius 1 is 0.889 bits per heavy atom. The molecule has 0 saturated heterocycles. The summed E-state index contributed by atoms with van der Waals surface area (Å²) in [5.41, 5.74) is 1.09. The second kappa shape index (κ2) is 8.36. The molecule has 0 radical (unpaired) electrons. The van der Waals surface area contributed by atoms with Crippen molar-refractivity contribution in [3.05, 3.63) is 67.8 Å². The minimum absolute atomic E-state index is 0. The third-order valence-corrected chi connectivity index (χ3v) is 3.07. The molecule has 0 fully saturated rings. The van der Waals surface area contributed by atoms with Gasteiger partial charge in [0.05, 0.1) is 0 Å². The molecule has 0 bridgehead atoms. The van der Waals surface area contributed by atoms with E-state index < -0.39 is 0 Å². The molecule has 0 unspecified atom stereocenters. The Kier molecular flexibility index (Phi) is 8.01. The predicted octanol–water partition coefficient (Wildman–Crippen LogP) is 0.730. The van der Waals surface area contributed by atoms with Gasteiger partial charge in [-0.1, -0.05) is 42.5 Å². The van der Waals surface area contributed by atoms with Gasteiger partial charge < -0.3 is 5.11 Å². The molecule has 2 heteroatoms. The largest absolute Gasteiger partial charge is 1.00 e. The first-order valence-electron chi connectivity index (χ1n) is 5.79. The molecule has 0 atom stereocenters. The van der Waals surface area contributed by atoms with E-state index in [2.05, 4.69) is 19.7 Å². The van der Waals surface area contributed by atoms with E-state index in [9.17, 15) is 5.11 Å². The molecule has 18 heavy (non-hydrogen) atoms. The molecule has 0 aliphatic heterocycles. The first kappa shape index (κ1) is 17.2. The van der Waals surface area contributed by atoms with E-state index in [1.54, 1.807) is 12.1 Å². The maximum Gasteiger partial charge on any atom is 1.00 e. The van der Waals surface area contributed by atoms with Gasteiger partial charge in [0.2, 0.25) is 0 Å². The van der Waals surface area contributed by atoms with Crippen molar-refractivity contribution in [2.75, 3.05) is 0 Å². The van der Waals surface area contributed by atoms with Crippen LogP contribution in [-0.4, -0.2) is 0 Å². The van der Waals surface area contributed by atoms with E-state index in [1.165, 1.54) is 0 Å². The van der Waals surface area contributed by atoms with Crippen molar-refractivity contribution < 1.29 is 34.7 Å². The number of hydrogen-bond donors (Lipinski definition) is 0. The molecule has 0 heterocycles. The molecule has 1 nitrogen and oxygen atoms in total. The van der Waals surface area contributed by atoms with Gasteiger partial charge in [-0.2, -0.15) is 0 Å². The first-order valence-corrected chi connectivity index (χ1v) is 5.79. The Morgan fingerprint density at radius 3 is 1.61 bits per heavy atom. The van der Waals surface area contributed by atoms with Crippen molar-refractivity contribution in [3.63, 3.8) is 0 Å². The summed E-state index contributed by atoms with van der Waals surface area (Å²) >= 11 is 0. The Hall–Kier alpha value is -0.760. The molecule has 1 aromatic carbocycles. The summed E-state index contributed by atoms with van der Waals surface area (Å²) < 4.78 is 0. The molecule has 0 aliphatic carbocycles. The van der Waals surface area contributed by atoms with Crippen LogP contribution in [-0.2, 0) is 5.41 Å². The summed E-state index contributed by atoms with van der Waals surface area (Å²) in [5, 5.41) is 11.2. The van der Waals surface area contributed by atoms with E-state index in [0.29, 0.717) is 0 Å². The molecule has 0 spiro atoms. The van der Waals surface area contributed by atoms with Gasteiger partial charge in [0.15, 0.2) is 0 Å². The number of allylic oxidation sites excluding steroid dienone is 3. The summed E-state index contributed by atoms with van der Waals surface area (Å²) in [7, 11) is 0. The molecule has 0 saturated carbocycles. The zero-order valence-corrected chi connectivity index (χ0v) is 13.2. The van der Waals surface area contributed by atoms with Crippen molar-refractivity contribution in [3.8, 4) is 5.75 Å². The van der Waals surface area contributed by atoms with E-state index >= 15 is 0 Å². The van der Waals surface area contributed by atoms with Crippen molar-refractivity contribution in [1.82, 2.24) is 0 Å². The maximum atomic E-state index is 11.2. The van der Waals surface area contributed by atoms with Gasteiger partial charge in [-0.05, 0) is 24.8 Å². The van der Waals surface area contributed by atoms with Crippen LogP contribution in [0, 0.1) is 0 Å². The Bertz CT molecular complexity index is 366. The summed E-state index contributed by atoms with van der Waals surface area (Å²) in [5.74, 6) is 0.0402. The van der Waals surface area contributed by atoms with Gasteiger partial charge in [-0.25, -0.2) is 0 Å². The fourth-order valence-corrected chi connectivity index (χ4v) is 2.24. The van der Waals surface area contributed by atoms with Crippen LogP contribution < -0.4 is 34.7 Å². The average Bonchev–Trinajstić information content (AvgIpc) is 2.30. The second-order valence-electron chi connectivity index (χ2n) is 4.28. The summed E-state index contributed by atoms with van der Waals surface area (Å²) in [6.07, 6.45) is 8.30. The zero-order valence-electron chi connectivity index (χ0n) is 11.2. The van der Waals surface area contributed by atoms with Crippen LogP contribution in [0.25, 0.3) is 0 Å². The summed E-state index contributed by atoms with van der Waals surface area (Å²) in [6, 6.07) is 7.02. The van der Waals surface area contributed by atoms with Gasteiger partial charge in [0, 0.05) is 5.41 Å². The summed E-state index contributed by atoms with van der Waals surface area (Å²) in [6.45, 7) is 11.5.